The Morgan fingerprint density at radius 2 is 2.05 bits per heavy atom. The van der Waals surface area contributed by atoms with Gasteiger partial charge in [0.25, 0.3) is 0 Å². The quantitative estimate of drug-likeness (QED) is 0.375. The molecule has 0 aromatic heterocycles. The van der Waals surface area contributed by atoms with Crippen molar-refractivity contribution in [1.29, 1.82) is 0 Å². The van der Waals surface area contributed by atoms with E-state index in [9.17, 15) is 0 Å². The molecule has 0 aromatic rings. The van der Waals surface area contributed by atoms with Crippen molar-refractivity contribution in [3.63, 3.8) is 0 Å². The minimum absolute atomic E-state index is 0.723. The van der Waals surface area contributed by atoms with Crippen molar-refractivity contribution < 1.29 is 4.74 Å². The van der Waals surface area contributed by atoms with Crippen LogP contribution in [0.2, 0.25) is 0 Å². The number of nitrogens with zero attached hydrogens (tertiary/aromatic N) is 2. The molecule has 1 aliphatic heterocycles. The van der Waals surface area contributed by atoms with Gasteiger partial charge in [0.2, 0.25) is 0 Å². The molecule has 0 aromatic carbocycles. The van der Waals surface area contributed by atoms with Crippen molar-refractivity contribution in [3.8, 4) is 0 Å². The van der Waals surface area contributed by atoms with Crippen LogP contribution >= 0.6 is 0 Å². The van der Waals surface area contributed by atoms with E-state index in [-0.39, 0.29) is 0 Å². The lowest BCUT2D eigenvalue weighted by Gasteiger charge is -2.24. The summed E-state index contributed by atoms with van der Waals surface area (Å²) in [6.45, 7) is 13.0. The zero-order valence-corrected chi connectivity index (χ0v) is 14.7. The molecule has 1 heterocycles. The molecular weight excluding hydrogens is 260 g/mol. The van der Waals surface area contributed by atoms with Gasteiger partial charge in [0.05, 0.1) is 6.61 Å². The van der Waals surface area contributed by atoms with Crippen LogP contribution in [-0.4, -0.2) is 44.4 Å². The number of hydrogen-bond donors (Lipinski definition) is 0. The summed E-state index contributed by atoms with van der Waals surface area (Å²) in [6, 6.07) is 0. The largest absolute Gasteiger partial charge is 0.492 e. The van der Waals surface area contributed by atoms with Crippen molar-refractivity contribution in [2.45, 2.75) is 52.9 Å². The molecule has 0 radical (unpaired) electrons. The number of rotatable bonds is 8. The fourth-order valence-electron chi connectivity index (χ4n) is 2.31. The standard InChI is InChI=1S/C16H28N2O.C2H6/c1-5-6-7-8-12-19-14(2)16(17-3)15-10-9-11-18(4)13-15;1-2/h10H,2,5-9,11-13H2,1,3-4H3;1-2H3. The second kappa shape index (κ2) is 12.6. The number of unbranched alkanes of at least 4 members (excludes halogenated alkanes) is 3. The van der Waals surface area contributed by atoms with Gasteiger partial charge in [-0.2, -0.15) is 0 Å². The summed E-state index contributed by atoms with van der Waals surface area (Å²) in [5.74, 6) is 0.723. The molecule has 0 spiro atoms. The molecule has 3 nitrogen and oxygen atoms in total. The SMILES string of the molecule is C=C(OCCCCCC)C(=NC)C1=CCCN(C)C1.CC. The van der Waals surface area contributed by atoms with Gasteiger partial charge in [-0.25, -0.2) is 0 Å². The highest BCUT2D eigenvalue weighted by Crippen LogP contribution is 2.15. The van der Waals surface area contributed by atoms with E-state index in [2.05, 4.69) is 36.5 Å². The number of aliphatic imine (C=N–C) groups is 1. The van der Waals surface area contributed by atoms with Gasteiger partial charge >= 0.3 is 0 Å². The van der Waals surface area contributed by atoms with Crippen LogP contribution in [0.5, 0.6) is 0 Å². The van der Waals surface area contributed by atoms with Gasteiger partial charge in [0.1, 0.15) is 11.5 Å². The molecule has 21 heavy (non-hydrogen) atoms. The van der Waals surface area contributed by atoms with Crippen molar-refractivity contribution in [2.75, 3.05) is 33.8 Å². The van der Waals surface area contributed by atoms with Crippen molar-refractivity contribution in [3.05, 3.63) is 24.0 Å². The van der Waals surface area contributed by atoms with Gasteiger partial charge in [-0.05, 0) is 25.5 Å². The van der Waals surface area contributed by atoms with E-state index in [0.717, 1.165) is 44.0 Å². The summed E-state index contributed by atoms with van der Waals surface area (Å²) in [5, 5.41) is 0. The second-order valence-electron chi connectivity index (χ2n) is 5.16. The minimum atomic E-state index is 0.723. The molecule has 0 unspecified atom stereocenters. The molecule has 0 amide bonds. The number of hydrogen-bond acceptors (Lipinski definition) is 3. The molecule has 0 N–H and O–H groups in total. The lowest BCUT2D eigenvalue weighted by atomic mass is 10.0. The summed E-state index contributed by atoms with van der Waals surface area (Å²) in [4.78, 5) is 6.66. The fraction of sp³-hybridized carbons (Fsp3) is 0.722. The molecule has 1 rings (SSSR count). The van der Waals surface area contributed by atoms with Crippen LogP contribution in [-0.2, 0) is 4.74 Å². The van der Waals surface area contributed by atoms with E-state index in [1.54, 1.807) is 0 Å². The third-order valence-corrected chi connectivity index (χ3v) is 3.41. The van der Waals surface area contributed by atoms with E-state index in [1.165, 1.54) is 24.8 Å². The first-order valence-corrected chi connectivity index (χ1v) is 8.35. The summed E-state index contributed by atoms with van der Waals surface area (Å²) in [7, 11) is 3.95. The minimum Gasteiger partial charge on any atom is -0.492 e. The molecule has 3 heteroatoms. The smallest absolute Gasteiger partial charge is 0.137 e. The van der Waals surface area contributed by atoms with E-state index in [4.69, 9.17) is 4.74 Å². The highest BCUT2D eigenvalue weighted by molar-refractivity contribution is 6.11. The van der Waals surface area contributed by atoms with Crippen LogP contribution < -0.4 is 0 Å². The van der Waals surface area contributed by atoms with Crippen LogP contribution in [0, 0.1) is 0 Å². The van der Waals surface area contributed by atoms with Crippen LogP contribution in [0.3, 0.4) is 0 Å². The first kappa shape index (κ1) is 19.9. The third kappa shape index (κ3) is 8.05. The maximum Gasteiger partial charge on any atom is 0.137 e. The molecule has 0 fully saturated rings. The summed E-state index contributed by atoms with van der Waals surface area (Å²) in [5.41, 5.74) is 2.18. The van der Waals surface area contributed by atoms with Gasteiger partial charge in [-0.3, -0.25) is 4.99 Å². The van der Waals surface area contributed by atoms with Gasteiger partial charge < -0.3 is 9.64 Å². The summed E-state index contributed by atoms with van der Waals surface area (Å²) >= 11 is 0. The Morgan fingerprint density at radius 1 is 1.33 bits per heavy atom. The lowest BCUT2D eigenvalue weighted by molar-refractivity contribution is 0.224. The first-order valence-electron chi connectivity index (χ1n) is 8.35. The molecule has 0 saturated heterocycles. The molecule has 1 aliphatic rings. The second-order valence-corrected chi connectivity index (χ2v) is 5.16. The maximum absolute atomic E-state index is 5.75. The van der Waals surface area contributed by atoms with E-state index in [0.29, 0.717) is 0 Å². The number of allylic oxidation sites excluding steroid dienone is 1. The summed E-state index contributed by atoms with van der Waals surface area (Å²) in [6.07, 6.45) is 8.20. The Balaban J connectivity index is 0.00000191. The number of likely N-dealkylation sites (N-methyl/N-ethyl adjacent to an activating group) is 1. The Morgan fingerprint density at radius 3 is 2.62 bits per heavy atom. The van der Waals surface area contributed by atoms with Crippen LogP contribution in [0.4, 0.5) is 0 Å². The van der Waals surface area contributed by atoms with Gasteiger partial charge in [-0.15, -0.1) is 0 Å². The van der Waals surface area contributed by atoms with Crippen LogP contribution in [0.1, 0.15) is 52.9 Å². The van der Waals surface area contributed by atoms with E-state index < -0.39 is 0 Å². The Bertz CT molecular complexity index is 345. The van der Waals surface area contributed by atoms with Crippen molar-refractivity contribution >= 4 is 5.71 Å². The maximum atomic E-state index is 5.75. The topological polar surface area (TPSA) is 24.8 Å². The molecular formula is C18H34N2O. The third-order valence-electron chi connectivity index (χ3n) is 3.41. The first-order chi connectivity index (χ1) is 10.2. The lowest BCUT2D eigenvalue weighted by Crippen LogP contribution is -2.29. The normalized spacial score (nSPS) is 15.9. The Labute approximate surface area is 131 Å². The monoisotopic (exact) mass is 294 g/mol. The molecule has 0 bridgehead atoms. The zero-order chi connectivity index (χ0) is 16.1. The van der Waals surface area contributed by atoms with Crippen molar-refractivity contribution in [2.24, 2.45) is 4.99 Å². The van der Waals surface area contributed by atoms with Crippen molar-refractivity contribution in [1.82, 2.24) is 4.90 Å². The average molecular weight is 294 g/mol. The van der Waals surface area contributed by atoms with Gasteiger partial charge in [-0.1, -0.05) is 52.7 Å². The molecule has 122 valence electrons. The zero-order valence-electron chi connectivity index (χ0n) is 14.7. The van der Waals surface area contributed by atoms with Crippen LogP contribution in [0.15, 0.2) is 29.0 Å². The highest BCUT2D eigenvalue weighted by atomic mass is 16.5. The average Bonchev–Trinajstić information content (AvgIpc) is 2.50. The fourth-order valence-corrected chi connectivity index (χ4v) is 2.31. The number of ether oxygens (including phenoxy) is 1. The molecule has 0 atom stereocenters. The summed E-state index contributed by atoms with van der Waals surface area (Å²) < 4.78 is 5.75. The molecule has 0 aliphatic carbocycles. The van der Waals surface area contributed by atoms with E-state index >= 15 is 0 Å². The van der Waals surface area contributed by atoms with Gasteiger partial charge in [0.15, 0.2) is 0 Å². The predicted octanol–water partition coefficient (Wildman–Crippen LogP) is 4.46. The van der Waals surface area contributed by atoms with Gasteiger partial charge in [0, 0.05) is 20.1 Å². The van der Waals surface area contributed by atoms with E-state index in [1.807, 2.05) is 20.9 Å². The molecule has 0 saturated carbocycles. The predicted molar refractivity (Wildman–Crippen MR) is 94.1 cm³/mol. The highest BCUT2D eigenvalue weighted by Gasteiger charge is 2.16. The Kier molecular flexibility index (Phi) is 12.0. The Hall–Kier alpha value is -1.09. The van der Waals surface area contributed by atoms with Crippen LogP contribution in [0.25, 0.3) is 0 Å².